The minimum Gasteiger partial charge on any atom is -0.364 e. The lowest BCUT2D eigenvalue weighted by Crippen LogP contribution is -2.40. The summed E-state index contributed by atoms with van der Waals surface area (Å²) in [6, 6.07) is 10.4. The molecule has 19 heavy (non-hydrogen) atoms. The minimum absolute atomic E-state index is 0.487. The highest BCUT2D eigenvalue weighted by molar-refractivity contribution is 7.09. The maximum atomic E-state index is 4.97. The van der Waals surface area contributed by atoms with Gasteiger partial charge in [-0.15, -0.1) is 0 Å². The first-order valence-corrected chi connectivity index (χ1v) is 7.14. The summed E-state index contributed by atoms with van der Waals surface area (Å²) in [5, 5.41) is 3.43. The molecule has 1 aromatic carbocycles. The van der Waals surface area contributed by atoms with Crippen molar-refractivity contribution in [2.75, 3.05) is 13.2 Å². The highest BCUT2D eigenvalue weighted by atomic mass is 31.0. The summed E-state index contributed by atoms with van der Waals surface area (Å²) in [5.74, 6) is 5.71. The number of hydrogen-bond donors (Lipinski definition) is 2. The Morgan fingerprint density at radius 3 is 2.58 bits per heavy atom. The molecule has 0 aliphatic carbocycles. The third-order valence-electron chi connectivity index (χ3n) is 3.15. The molecule has 0 bridgehead atoms. The van der Waals surface area contributed by atoms with Crippen molar-refractivity contribution in [1.82, 2.24) is 5.32 Å². The first kappa shape index (κ1) is 16.5. The van der Waals surface area contributed by atoms with E-state index in [1.807, 2.05) is 30.3 Å². The monoisotopic (exact) mass is 284 g/mol. The van der Waals surface area contributed by atoms with Gasteiger partial charge in [0.1, 0.15) is 0 Å². The van der Waals surface area contributed by atoms with Crippen molar-refractivity contribution < 1.29 is 9.36 Å². The molecule has 3 N–H and O–H groups in total. The highest BCUT2D eigenvalue weighted by Crippen LogP contribution is 2.13. The molecule has 1 fully saturated rings. The maximum absolute atomic E-state index is 4.97. The second-order valence-electron chi connectivity index (χ2n) is 4.92. The van der Waals surface area contributed by atoms with Gasteiger partial charge in [0, 0.05) is 15.5 Å². The van der Waals surface area contributed by atoms with E-state index in [0.717, 1.165) is 24.6 Å². The van der Waals surface area contributed by atoms with Gasteiger partial charge < -0.3 is 9.84 Å². The number of piperidine rings is 1. The molecule has 1 aromatic rings. The van der Waals surface area contributed by atoms with Gasteiger partial charge in [0.25, 0.3) is 0 Å². The van der Waals surface area contributed by atoms with Crippen LogP contribution in [-0.4, -0.2) is 19.2 Å². The largest absolute Gasteiger partial charge is 0.364 e. The molecular formula is C14H25N2O2P. The predicted octanol–water partition coefficient (Wildman–Crippen LogP) is 2.26. The molecule has 0 saturated carbocycles. The topological polar surface area (TPSA) is 56.5 Å². The first-order chi connectivity index (χ1) is 9.26. The standard InChI is InChI=1S/C7H16NOP.C7H9NO/c1-6-2-3-7(5-9-10)8-4-6;8-9-6-7-4-2-1-3-5-7/h6-8H,2-5,10H2,1H3;1-5H,6,8H2. The van der Waals surface area contributed by atoms with Crippen molar-refractivity contribution in [3.63, 3.8) is 0 Å². The summed E-state index contributed by atoms with van der Waals surface area (Å²) in [6.45, 7) is 4.75. The van der Waals surface area contributed by atoms with Crippen molar-refractivity contribution >= 4 is 9.47 Å². The second kappa shape index (κ2) is 10.3. The average Bonchev–Trinajstić information content (AvgIpc) is 2.44. The molecule has 0 spiro atoms. The van der Waals surface area contributed by atoms with Crippen LogP contribution in [0.4, 0.5) is 0 Å². The molecule has 1 heterocycles. The molecule has 2 rings (SSSR count). The molecule has 5 heteroatoms. The van der Waals surface area contributed by atoms with Crippen LogP contribution in [0, 0.1) is 5.92 Å². The molecule has 3 unspecified atom stereocenters. The SMILES string of the molecule is CC1CCC(COP)NC1.NOCc1ccccc1. The summed E-state index contributed by atoms with van der Waals surface area (Å²) in [6.07, 6.45) is 2.60. The smallest absolute Gasteiger partial charge is 0.0930 e. The predicted molar refractivity (Wildman–Crippen MR) is 81.3 cm³/mol. The van der Waals surface area contributed by atoms with Gasteiger partial charge in [0.05, 0.1) is 13.2 Å². The number of rotatable bonds is 4. The second-order valence-corrected chi connectivity index (χ2v) is 5.25. The molecule has 1 aliphatic rings. The van der Waals surface area contributed by atoms with Crippen molar-refractivity contribution in [3.8, 4) is 0 Å². The molecule has 108 valence electrons. The third-order valence-corrected chi connectivity index (χ3v) is 3.35. The Labute approximate surface area is 118 Å². The Kier molecular flexibility index (Phi) is 8.97. The van der Waals surface area contributed by atoms with Crippen LogP contribution >= 0.6 is 9.47 Å². The van der Waals surface area contributed by atoms with Crippen LogP contribution < -0.4 is 11.2 Å². The fourth-order valence-corrected chi connectivity index (χ4v) is 2.22. The zero-order chi connectivity index (χ0) is 13.9. The lowest BCUT2D eigenvalue weighted by molar-refractivity contribution is 0.124. The van der Waals surface area contributed by atoms with Crippen molar-refractivity contribution in [2.45, 2.75) is 32.4 Å². The van der Waals surface area contributed by atoms with E-state index in [2.05, 4.69) is 26.5 Å². The van der Waals surface area contributed by atoms with Gasteiger partial charge in [0.15, 0.2) is 0 Å². The lowest BCUT2D eigenvalue weighted by atomic mass is 9.97. The van der Waals surface area contributed by atoms with Crippen LogP contribution in [0.1, 0.15) is 25.3 Å². The molecule has 4 nitrogen and oxygen atoms in total. The summed E-state index contributed by atoms with van der Waals surface area (Å²) >= 11 is 0. The lowest BCUT2D eigenvalue weighted by Gasteiger charge is -2.26. The molecule has 1 saturated heterocycles. The Morgan fingerprint density at radius 1 is 1.32 bits per heavy atom. The van der Waals surface area contributed by atoms with Crippen LogP contribution in [-0.2, 0) is 16.0 Å². The summed E-state index contributed by atoms with van der Waals surface area (Å²) in [5.41, 5.74) is 1.10. The number of hydrogen-bond acceptors (Lipinski definition) is 4. The van der Waals surface area contributed by atoms with E-state index in [1.165, 1.54) is 12.8 Å². The van der Waals surface area contributed by atoms with Gasteiger partial charge in [0.2, 0.25) is 0 Å². The molecule has 0 radical (unpaired) electrons. The van der Waals surface area contributed by atoms with E-state index >= 15 is 0 Å². The number of nitrogens with two attached hydrogens (primary N) is 1. The quantitative estimate of drug-likeness (QED) is 0.658. The van der Waals surface area contributed by atoms with E-state index in [9.17, 15) is 0 Å². The van der Waals surface area contributed by atoms with Crippen molar-refractivity contribution in [3.05, 3.63) is 35.9 Å². The molecular weight excluding hydrogens is 259 g/mol. The van der Waals surface area contributed by atoms with E-state index in [1.54, 1.807) is 0 Å². The van der Waals surface area contributed by atoms with E-state index in [-0.39, 0.29) is 0 Å². The maximum Gasteiger partial charge on any atom is 0.0930 e. The average molecular weight is 284 g/mol. The van der Waals surface area contributed by atoms with Crippen molar-refractivity contribution in [1.29, 1.82) is 0 Å². The highest BCUT2D eigenvalue weighted by Gasteiger charge is 2.16. The Balaban J connectivity index is 0.000000191. The summed E-state index contributed by atoms with van der Waals surface area (Å²) in [7, 11) is 2.30. The summed E-state index contributed by atoms with van der Waals surface area (Å²) < 4.78 is 4.97. The van der Waals surface area contributed by atoms with Crippen LogP contribution in [0.15, 0.2) is 30.3 Å². The first-order valence-electron chi connectivity index (χ1n) is 6.67. The normalized spacial score (nSPS) is 22.5. The minimum atomic E-state index is 0.487. The van der Waals surface area contributed by atoms with Gasteiger partial charge in [-0.05, 0) is 30.9 Å². The molecule has 0 aromatic heterocycles. The van der Waals surface area contributed by atoms with E-state index < -0.39 is 0 Å². The Hall–Kier alpha value is -0.510. The Bertz CT molecular complexity index is 316. The fraction of sp³-hybridized carbons (Fsp3) is 0.571. The number of benzene rings is 1. The Morgan fingerprint density at radius 2 is 2.05 bits per heavy atom. The van der Waals surface area contributed by atoms with Gasteiger partial charge >= 0.3 is 0 Å². The van der Waals surface area contributed by atoms with Gasteiger partial charge in [-0.25, -0.2) is 5.90 Å². The van der Waals surface area contributed by atoms with Crippen LogP contribution in [0.5, 0.6) is 0 Å². The molecule has 3 atom stereocenters. The summed E-state index contributed by atoms with van der Waals surface area (Å²) in [4.78, 5) is 4.43. The van der Waals surface area contributed by atoms with E-state index in [0.29, 0.717) is 12.6 Å². The fourth-order valence-electron chi connectivity index (χ4n) is 1.99. The molecule has 1 aliphatic heterocycles. The van der Waals surface area contributed by atoms with Crippen molar-refractivity contribution in [2.24, 2.45) is 11.8 Å². The van der Waals surface area contributed by atoms with Crippen LogP contribution in [0.25, 0.3) is 0 Å². The zero-order valence-electron chi connectivity index (χ0n) is 11.5. The van der Waals surface area contributed by atoms with Gasteiger partial charge in [-0.3, -0.25) is 4.84 Å². The number of nitrogens with one attached hydrogen (secondary N) is 1. The van der Waals surface area contributed by atoms with Gasteiger partial charge in [-0.1, -0.05) is 37.3 Å². The van der Waals surface area contributed by atoms with E-state index in [4.69, 9.17) is 10.4 Å². The molecule has 0 amide bonds. The zero-order valence-corrected chi connectivity index (χ0v) is 12.7. The van der Waals surface area contributed by atoms with Crippen LogP contribution in [0.2, 0.25) is 0 Å². The third kappa shape index (κ3) is 7.61. The van der Waals surface area contributed by atoms with Gasteiger partial charge in [-0.2, -0.15) is 0 Å². The van der Waals surface area contributed by atoms with Crippen LogP contribution in [0.3, 0.4) is 0 Å².